The third-order valence-electron chi connectivity index (χ3n) is 2.97. The quantitative estimate of drug-likeness (QED) is 0.806. The maximum Gasteiger partial charge on any atom is 0.321 e. The van der Waals surface area contributed by atoms with Crippen LogP contribution in [-0.2, 0) is 4.79 Å². The summed E-state index contributed by atoms with van der Waals surface area (Å²) >= 11 is 0. The van der Waals surface area contributed by atoms with Gasteiger partial charge in [0, 0.05) is 12.1 Å². The first-order valence-electron chi connectivity index (χ1n) is 6.77. The fourth-order valence-corrected chi connectivity index (χ4v) is 1.76. The molecule has 2 N–H and O–H groups in total. The monoisotopic (exact) mass is 302 g/mol. The van der Waals surface area contributed by atoms with E-state index in [0.29, 0.717) is 11.4 Å². The summed E-state index contributed by atoms with van der Waals surface area (Å²) in [4.78, 5) is 23.0. The van der Waals surface area contributed by atoms with E-state index in [2.05, 4.69) is 26.2 Å². The second-order valence-electron chi connectivity index (χ2n) is 4.84. The Hall–Kier alpha value is -2.97. The number of hydrogen-bond acceptors (Lipinski definition) is 6. The number of nitrogens with zero attached hydrogens (tertiary/aromatic N) is 4. The van der Waals surface area contributed by atoms with Gasteiger partial charge < -0.3 is 10.1 Å². The van der Waals surface area contributed by atoms with Crippen molar-refractivity contribution in [3.05, 3.63) is 30.6 Å². The molecule has 0 atom stereocenters. The molecule has 0 aliphatic heterocycles. The van der Waals surface area contributed by atoms with E-state index in [1.165, 1.54) is 11.0 Å². The van der Waals surface area contributed by atoms with E-state index >= 15 is 0 Å². The van der Waals surface area contributed by atoms with Crippen LogP contribution in [0.3, 0.4) is 0 Å². The van der Waals surface area contributed by atoms with Crippen molar-refractivity contribution in [2.24, 2.45) is 0 Å². The van der Waals surface area contributed by atoms with Gasteiger partial charge in [0.15, 0.2) is 6.61 Å². The number of ether oxygens (including phenoxy) is 1. The van der Waals surface area contributed by atoms with Crippen molar-refractivity contribution in [3.63, 3.8) is 0 Å². The number of urea groups is 1. The highest BCUT2D eigenvalue weighted by Gasteiger charge is 2.23. The van der Waals surface area contributed by atoms with Gasteiger partial charge in [-0.25, -0.2) is 9.48 Å². The molecule has 9 nitrogen and oxygen atoms in total. The minimum Gasteiger partial charge on any atom is -0.484 e. The SMILES string of the molecule is O=C(COc1cccc(-n2cnnn2)c1)NC(=O)NC1CC1. The normalized spacial score (nSPS) is 13.5. The topological polar surface area (TPSA) is 111 Å². The Bertz CT molecular complexity index is 668. The molecule has 3 rings (SSSR count). The van der Waals surface area contributed by atoms with Crippen LogP contribution >= 0.6 is 0 Å². The van der Waals surface area contributed by atoms with Crippen LogP contribution in [0.15, 0.2) is 30.6 Å². The van der Waals surface area contributed by atoms with Crippen LogP contribution in [0.25, 0.3) is 5.69 Å². The number of hydrogen-bond donors (Lipinski definition) is 2. The molecule has 1 saturated carbocycles. The number of tetrazole rings is 1. The first-order chi connectivity index (χ1) is 10.7. The van der Waals surface area contributed by atoms with Gasteiger partial charge in [-0.1, -0.05) is 6.07 Å². The number of rotatable bonds is 5. The number of nitrogens with one attached hydrogen (secondary N) is 2. The predicted molar refractivity (Wildman–Crippen MR) is 74.3 cm³/mol. The number of carbonyl (C=O) groups excluding carboxylic acids is 2. The van der Waals surface area contributed by atoms with Gasteiger partial charge in [-0.15, -0.1) is 5.10 Å². The summed E-state index contributed by atoms with van der Waals surface area (Å²) in [7, 11) is 0. The summed E-state index contributed by atoms with van der Waals surface area (Å²) in [6.45, 7) is -0.253. The maximum absolute atomic E-state index is 11.6. The minimum atomic E-state index is -0.508. The van der Waals surface area contributed by atoms with Gasteiger partial charge in [-0.05, 0) is 35.4 Å². The first-order valence-corrected chi connectivity index (χ1v) is 6.77. The molecular formula is C13H14N6O3. The van der Waals surface area contributed by atoms with Crippen LogP contribution in [0, 0.1) is 0 Å². The molecule has 1 fully saturated rings. The largest absolute Gasteiger partial charge is 0.484 e. The van der Waals surface area contributed by atoms with E-state index in [-0.39, 0.29) is 12.6 Å². The Balaban J connectivity index is 1.51. The Labute approximate surface area is 125 Å². The molecule has 0 unspecified atom stereocenters. The second kappa shape index (κ2) is 6.20. The first kappa shape index (κ1) is 14.0. The lowest BCUT2D eigenvalue weighted by Gasteiger charge is -2.08. The predicted octanol–water partition coefficient (Wildman–Crippen LogP) is 0.0293. The van der Waals surface area contributed by atoms with Crippen LogP contribution in [0.2, 0.25) is 0 Å². The number of imide groups is 1. The lowest BCUT2D eigenvalue weighted by molar-refractivity contribution is -0.122. The van der Waals surface area contributed by atoms with E-state index in [9.17, 15) is 9.59 Å². The van der Waals surface area contributed by atoms with Crippen molar-refractivity contribution in [1.82, 2.24) is 30.8 Å². The van der Waals surface area contributed by atoms with Crippen molar-refractivity contribution >= 4 is 11.9 Å². The third-order valence-corrected chi connectivity index (χ3v) is 2.97. The number of amides is 3. The van der Waals surface area contributed by atoms with Crippen LogP contribution in [0.1, 0.15) is 12.8 Å². The molecule has 1 aromatic heterocycles. The Morgan fingerprint density at radius 2 is 2.23 bits per heavy atom. The molecule has 0 bridgehead atoms. The molecule has 1 heterocycles. The summed E-state index contributed by atoms with van der Waals surface area (Å²) in [6.07, 6.45) is 3.37. The Morgan fingerprint density at radius 1 is 1.36 bits per heavy atom. The van der Waals surface area contributed by atoms with E-state index in [1.807, 2.05) is 0 Å². The van der Waals surface area contributed by atoms with Crippen LogP contribution in [0.5, 0.6) is 5.75 Å². The smallest absolute Gasteiger partial charge is 0.321 e. The molecular weight excluding hydrogens is 288 g/mol. The van der Waals surface area contributed by atoms with Gasteiger partial charge in [0.1, 0.15) is 12.1 Å². The summed E-state index contributed by atoms with van der Waals surface area (Å²) < 4.78 is 6.82. The Kier molecular flexibility index (Phi) is 3.95. The molecule has 0 saturated heterocycles. The van der Waals surface area contributed by atoms with Crippen LogP contribution < -0.4 is 15.4 Å². The van der Waals surface area contributed by atoms with E-state index < -0.39 is 11.9 Å². The van der Waals surface area contributed by atoms with E-state index in [4.69, 9.17) is 4.74 Å². The van der Waals surface area contributed by atoms with Gasteiger partial charge in [-0.3, -0.25) is 10.1 Å². The average molecular weight is 302 g/mol. The van der Waals surface area contributed by atoms with Crippen LogP contribution in [0.4, 0.5) is 4.79 Å². The standard InChI is InChI=1S/C13H14N6O3/c20-12(16-13(21)15-9-4-5-9)7-22-11-3-1-2-10(6-11)19-8-14-17-18-19/h1-3,6,8-9H,4-5,7H2,(H2,15,16,20,21). The van der Waals surface area contributed by atoms with Crippen LogP contribution in [-0.4, -0.2) is 44.8 Å². The summed E-state index contributed by atoms with van der Waals surface area (Å²) in [5, 5.41) is 15.7. The molecule has 0 radical (unpaired) electrons. The van der Waals surface area contributed by atoms with Crippen molar-refractivity contribution in [2.75, 3.05) is 6.61 Å². The van der Waals surface area contributed by atoms with Crippen molar-refractivity contribution in [2.45, 2.75) is 18.9 Å². The van der Waals surface area contributed by atoms with Crippen molar-refractivity contribution in [3.8, 4) is 11.4 Å². The number of benzene rings is 1. The van der Waals surface area contributed by atoms with Gasteiger partial charge in [-0.2, -0.15) is 0 Å². The molecule has 1 aliphatic carbocycles. The average Bonchev–Trinajstić information content (AvgIpc) is 3.15. The fourth-order valence-electron chi connectivity index (χ4n) is 1.76. The minimum absolute atomic E-state index is 0.196. The number of aromatic nitrogens is 4. The zero-order valence-corrected chi connectivity index (χ0v) is 11.6. The van der Waals surface area contributed by atoms with Gasteiger partial charge >= 0.3 is 6.03 Å². The third kappa shape index (κ3) is 3.78. The fraction of sp³-hybridized carbons (Fsp3) is 0.308. The summed E-state index contributed by atoms with van der Waals surface area (Å²) in [6, 6.07) is 6.65. The van der Waals surface area contributed by atoms with Gasteiger partial charge in [0.05, 0.1) is 5.69 Å². The van der Waals surface area contributed by atoms with Gasteiger partial charge in [0.2, 0.25) is 0 Å². The summed E-state index contributed by atoms with van der Waals surface area (Å²) in [5.74, 6) is -0.0308. The molecule has 1 aliphatic rings. The Morgan fingerprint density at radius 3 is 2.95 bits per heavy atom. The zero-order chi connectivity index (χ0) is 15.4. The molecule has 2 aromatic rings. The number of carbonyl (C=O) groups is 2. The molecule has 0 spiro atoms. The van der Waals surface area contributed by atoms with Crippen molar-refractivity contribution < 1.29 is 14.3 Å². The molecule has 114 valence electrons. The molecule has 22 heavy (non-hydrogen) atoms. The molecule has 9 heteroatoms. The lowest BCUT2D eigenvalue weighted by atomic mass is 10.3. The second-order valence-corrected chi connectivity index (χ2v) is 4.84. The lowest BCUT2D eigenvalue weighted by Crippen LogP contribution is -2.42. The highest BCUT2D eigenvalue weighted by molar-refractivity contribution is 5.95. The van der Waals surface area contributed by atoms with E-state index in [1.54, 1.807) is 24.3 Å². The highest BCUT2D eigenvalue weighted by atomic mass is 16.5. The van der Waals surface area contributed by atoms with Crippen molar-refractivity contribution in [1.29, 1.82) is 0 Å². The summed E-state index contributed by atoms with van der Waals surface area (Å²) in [5.41, 5.74) is 0.703. The molecule has 1 aromatic carbocycles. The van der Waals surface area contributed by atoms with Gasteiger partial charge in [0.25, 0.3) is 5.91 Å². The molecule has 3 amide bonds. The maximum atomic E-state index is 11.6. The highest BCUT2D eigenvalue weighted by Crippen LogP contribution is 2.18. The zero-order valence-electron chi connectivity index (χ0n) is 11.6. The van der Waals surface area contributed by atoms with E-state index in [0.717, 1.165) is 12.8 Å².